The first-order valence-corrected chi connectivity index (χ1v) is 9.87. The maximum atomic E-state index is 11.6. The van der Waals surface area contributed by atoms with Crippen LogP contribution in [0.15, 0.2) is 0 Å². The van der Waals surface area contributed by atoms with Gasteiger partial charge < -0.3 is 10.4 Å². The van der Waals surface area contributed by atoms with Crippen LogP contribution in [0.5, 0.6) is 0 Å². The Bertz CT molecular complexity index is 391. The number of rotatable bonds is 7. The van der Waals surface area contributed by atoms with E-state index in [1.807, 2.05) is 0 Å². The molecule has 3 rings (SSSR count). The average Bonchev–Trinajstić information content (AvgIpc) is 3.39. The zero-order chi connectivity index (χ0) is 16.2. The summed E-state index contributed by atoms with van der Waals surface area (Å²) in [6.45, 7) is 5.15. The monoisotopic (exact) mass is 322 g/mol. The highest BCUT2D eigenvalue weighted by atomic mass is 16.4. The van der Waals surface area contributed by atoms with Gasteiger partial charge in [0.05, 0.1) is 5.92 Å². The van der Waals surface area contributed by atoms with Crippen molar-refractivity contribution in [2.24, 2.45) is 17.8 Å². The van der Waals surface area contributed by atoms with Crippen LogP contribution in [0.3, 0.4) is 0 Å². The molecular weight excluding hydrogens is 288 g/mol. The van der Waals surface area contributed by atoms with Gasteiger partial charge in [-0.05, 0) is 56.9 Å². The topological polar surface area (TPSA) is 52.6 Å². The number of nitrogens with one attached hydrogen (secondary N) is 1. The van der Waals surface area contributed by atoms with Crippen molar-refractivity contribution in [2.75, 3.05) is 19.6 Å². The highest BCUT2D eigenvalue weighted by molar-refractivity contribution is 5.70. The summed E-state index contributed by atoms with van der Waals surface area (Å²) in [6, 6.07) is 0.968. The Labute approximate surface area is 141 Å². The van der Waals surface area contributed by atoms with Crippen molar-refractivity contribution in [2.45, 2.75) is 76.8 Å². The van der Waals surface area contributed by atoms with Crippen molar-refractivity contribution in [3.05, 3.63) is 0 Å². The third-order valence-electron chi connectivity index (χ3n) is 6.30. The van der Waals surface area contributed by atoms with Gasteiger partial charge in [-0.15, -0.1) is 0 Å². The van der Waals surface area contributed by atoms with Crippen molar-refractivity contribution in [1.82, 2.24) is 10.2 Å². The van der Waals surface area contributed by atoms with Crippen molar-refractivity contribution in [1.29, 1.82) is 0 Å². The molecule has 132 valence electrons. The van der Waals surface area contributed by atoms with Gasteiger partial charge >= 0.3 is 5.97 Å². The molecule has 0 spiro atoms. The molecule has 0 bridgehead atoms. The quantitative estimate of drug-likeness (QED) is 0.756. The van der Waals surface area contributed by atoms with E-state index >= 15 is 0 Å². The molecule has 3 unspecified atom stereocenters. The van der Waals surface area contributed by atoms with Crippen LogP contribution in [0.4, 0.5) is 0 Å². The molecule has 23 heavy (non-hydrogen) atoms. The largest absolute Gasteiger partial charge is 0.481 e. The molecule has 0 aromatic heterocycles. The van der Waals surface area contributed by atoms with Crippen LogP contribution in [0, 0.1) is 17.8 Å². The molecule has 2 N–H and O–H groups in total. The van der Waals surface area contributed by atoms with E-state index in [4.69, 9.17) is 0 Å². The molecule has 1 saturated heterocycles. The van der Waals surface area contributed by atoms with Crippen molar-refractivity contribution in [3.63, 3.8) is 0 Å². The summed E-state index contributed by atoms with van der Waals surface area (Å²) < 4.78 is 0. The van der Waals surface area contributed by atoms with Crippen molar-refractivity contribution in [3.8, 4) is 0 Å². The maximum absolute atomic E-state index is 11.6. The molecule has 0 amide bonds. The normalized spacial score (nSPS) is 31.9. The van der Waals surface area contributed by atoms with Gasteiger partial charge in [-0.25, -0.2) is 0 Å². The number of piperidine rings is 1. The maximum Gasteiger partial charge on any atom is 0.307 e. The lowest BCUT2D eigenvalue weighted by atomic mass is 9.88. The minimum atomic E-state index is -0.607. The molecule has 0 aromatic carbocycles. The zero-order valence-electron chi connectivity index (χ0n) is 14.7. The number of likely N-dealkylation sites (tertiary alicyclic amines) is 1. The van der Waals surface area contributed by atoms with E-state index in [2.05, 4.69) is 17.1 Å². The number of hydrogen-bond donors (Lipinski definition) is 2. The van der Waals surface area contributed by atoms with Gasteiger partial charge in [0.25, 0.3) is 0 Å². The minimum absolute atomic E-state index is 0.194. The van der Waals surface area contributed by atoms with E-state index in [0.29, 0.717) is 12.1 Å². The van der Waals surface area contributed by atoms with E-state index in [1.54, 1.807) is 0 Å². The van der Waals surface area contributed by atoms with Crippen LogP contribution in [0.2, 0.25) is 0 Å². The number of aliphatic carboxylic acids is 1. The smallest absolute Gasteiger partial charge is 0.307 e. The predicted octanol–water partition coefficient (Wildman–Crippen LogP) is 3.12. The summed E-state index contributed by atoms with van der Waals surface area (Å²) in [5.41, 5.74) is 0. The van der Waals surface area contributed by atoms with Gasteiger partial charge in [-0.2, -0.15) is 0 Å². The lowest BCUT2D eigenvalue weighted by Crippen LogP contribution is -2.55. The van der Waals surface area contributed by atoms with E-state index in [1.165, 1.54) is 44.9 Å². The van der Waals surface area contributed by atoms with Gasteiger partial charge in [0.15, 0.2) is 0 Å². The van der Waals surface area contributed by atoms with Crippen LogP contribution in [-0.2, 0) is 4.79 Å². The minimum Gasteiger partial charge on any atom is -0.481 e. The summed E-state index contributed by atoms with van der Waals surface area (Å²) in [4.78, 5) is 14.1. The summed E-state index contributed by atoms with van der Waals surface area (Å²) >= 11 is 0. The van der Waals surface area contributed by atoms with Crippen molar-refractivity contribution < 1.29 is 9.90 Å². The van der Waals surface area contributed by atoms with Crippen LogP contribution in [-0.4, -0.2) is 47.7 Å². The molecule has 0 radical (unpaired) electrons. The first-order chi connectivity index (χ1) is 11.2. The van der Waals surface area contributed by atoms with Crippen molar-refractivity contribution >= 4 is 5.97 Å². The highest BCUT2D eigenvalue weighted by Crippen LogP contribution is 2.38. The zero-order valence-corrected chi connectivity index (χ0v) is 14.7. The molecule has 2 aliphatic carbocycles. The molecule has 3 fully saturated rings. The lowest BCUT2D eigenvalue weighted by molar-refractivity contribution is -0.144. The van der Waals surface area contributed by atoms with Crippen LogP contribution in [0.25, 0.3) is 0 Å². The fourth-order valence-corrected chi connectivity index (χ4v) is 4.83. The molecular formula is C19H34N2O2. The second-order valence-corrected chi connectivity index (χ2v) is 8.15. The Morgan fingerprint density at radius 1 is 1.17 bits per heavy atom. The fraction of sp³-hybridized carbons (Fsp3) is 0.947. The molecule has 4 nitrogen and oxygen atoms in total. The molecule has 4 heteroatoms. The third-order valence-corrected chi connectivity index (χ3v) is 6.30. The molecule has 0 aromatic rings. The van der Waals surface area contributed by atoms with Gasteiger partial charge in [-0.3, -0.25) is 9.69 Å². The molecule has 1 heterocycles. The lowest BCUT2D eigenvalue weighted by Gasteiger charge is -2.41. The van der Waals surface area contributed by atoms with E-state index in [9.17, 15) is 9.90 Å². The van der Waals surface area contributed by atoms with Crippen LogP contribution in [0.1, 0.15) is 64.7 Å². The summed E-state index contributed by atoms with van der Waals surface area (Å²) in [5, 5.41) is 13.3. The Balaban J connectivity index is 1.55. The highest BCUT2D eigenvalue weighted by Gasteiger charge is 2.39. The second kappa shape index (κ2) is 7.98. The second-order valence-electron chi connectivity index (χ2n) is 8.15. The SMILES string of the molecule is CCC(C1CC1)N1CC(NCC2CCCCC2)CC(C(=O)O)C1. The average molecular weight is 322 g/mol. The van der Waals surface area contributed by atoms with Gasteiger partial charge in [0, 0.05) is 25.2 Å². The Kier molecular flexibility index (Phi) is 5.97. The van der Waals surface area contributed by atoms with E-state index in [0.717, 1.165) is 44.3 Å². The number of carboxylic acids is 1. The Morgan fingerprint density at radius 2 is 1.91 bits per heavy atom. The summed E-state index contributed by atoms with van der Waals surface area (Å²) in [6.07, 6.45) is 11.5. The first-order valence-electron chi connectivity index (χ1n) is 9.87. The standard InChI is InChI=1S/C19H34N2O2/c1-2-18(15-8-9-15)21-12-16(19(22)23)10-17(13-21)20-11-14-6-4-3-5-7-14/h14-18,20H,2-13H2,1H3,(H,22,23). The number of hydrogen-bond acceptors (Lipinski definition) is 3. The number of nitrogens with zero attached hydrogens (tertiary/aromatic N) is 1. The molecule has 2 saturated carbocycles. The molecule has 3 aliphatic rings. The Morgan fingerprint density at radius 3 is 2.52 bits per heavy atom. The summed E-state index contributed by atoms with van der Waals surface area (Å²) in [7, 11) is 0. The fourth-order valence-electron chi connectivity index (χ4n) is 4.83. The number of carboxylic acid groups (broad SMARTS) is 1. The van der Waals surface area contributed by atoms with Gasteiger partial charge in [0.2, 0.25) is 0 Å². The van der Waals surface area contributed by atoms with Gasteiger partial charge in [-0.1, -0.05) is 26.2 Å². The first kappa shape index (κ1) is 17.2. The Hall–Kier alpha value is -0.610. The van der Waals surface area contributed by atoms with Gasteiger partial charge in [0.1, 0.15) is 0 Å². The van der Waals surface area contributed by atoms with E-state index < -0.39 is 5.97 Å². The van der Waals surface area contributed by atoms with Crippen LogP contribution >= 0.6 is 0 Å². The predicted molar refractivity (Wildman–Crippen MR) is 92.5 cm³/mol. The molecule has 1 aliphatic heterocycles. The van der Waals surface area contributed by atoms with E-state index in [-0.39, 0.29) is 5.92 Å². The summed E-state index contributed by atoms with van der Waals surface area (Å²) in [5.74, 6) is 0.838. The third kappa shape index (κ3) is 4.69. The molecule has 3 atom stereocenters. The van der Waals surface area contributed by atoms with Crippen LogP contribution < -0.4 is 5.32 Å². The number of carbonyl (C=O) groups is 1.